The summed E-state index contributed by atoms with van der Waals surface area (Å²) in [5.74, 6) is 1.18. The molecule has 3 heteroatoms. The van der Waals surface area contributed by atoms with Gasteiger partial charge in [0.1, 0.15) is 5.82 Å². The molecule has 0 atom stereocenters. The summed E-state index contributed by atoms with van der Waals surface area (Å²) in [6, 6.07) is 0. The lowest BCUT2D eigenvalue weighted by molar-refractivity contribution is 0.349. The topological polar surface area (TPSA) is 17.8 Å². The number of alkyl halides is 1. The Hall–Kier alpha value is -0.310. The normalized spacial score (nSPS) is 12.0. The second-order valence-corrected chi connectivity index (χ2v) is 4.68. The van der Waals surface area contributed by atoms with Crippen LogP contribution in [-0.4, -0.2) is 14.9 Å². The van der Waals surface area contributed by atoms with Crippen molar-refractivity contribution in [3.8, 4) is 0 Å². The van der Waals surface area contributed by atoms with Crippen LogP contribution in [0.3, 0.4) is 0 Å². The van der Waals surface area contributed by atoms with Gasteiger partial charge in [-0.3, -0.25) is 0 Å². The molecule has 0 aromatic carbocycles. The Morgan fingerprint density at radius 2 is 2.23 bits per heavy atom. The Kier molecular flexibility index (Phi) is 3.54. The third-order valence-corrected chi connectivity index (χ3v) is 3.60. The zero-order chi connectivity index (χ0) is 9.90. The Morgan fingerprint density at radius 1 is 1.54 bits per heavy atom. The molecule has 13 heavy (non-hydrogen) atoms. The lowest BCUT2D eigenvalue weighted by atomic mass is 9.97. The second-order valence-electron chi connectivity index (χ2n) is 4.12. The van der Waals surface area contributed by atoms with Crippen LogP contribution in [0.15, 0.2) is 12.4 Å². The van der Waals surface area contributed by atoms with Crippen LogP contribution in [0.2, 0.25) is 0 Å². The molecular weight excluding hydrogens is 228 g/mol. The molecule has 0 aliphatic heterocycles. The zero-order valence-electron chi connectivity index (χ0n) is 8.55. The van der Waals surface area contributed by atoms with Gasteiger partial charge >= 0.3 is 0 Å². The minimum Gasteiger partial charge on any atom is -0.334 e. The van der Waals surface area contributed by atoms with E-state index in [9.17, 15) is 0 Å². The molecule has 0 aliphatic carbocycles. The van der Waals surface area contributed by atoms with Gasteiger partial charge in [0.05, 0.1) is 0 Å². The van der Waals surface area contributed by atoms with Gasteiger partial charge in [-0.1, -0.05) is 36.7 Å². The van der Waals surface area contributed by atoms with Gasteiger partial charge in [-0.25, -0.2) is 4.98 Å². The maximum Gasteiger partial charge on any atom is 0.108 e. The van der Waals surface area contributed by atoms with Gasteiger partial charge in [-0.2, -0.15) is 0 Å². The number of hydrogen-bond donors (Lipinski definition) is 0. The number of hydrogen-bond acceptors (Lipinski definition) is 1. The fourth-order valence-electron chi connectivity index (χ4n) is 1.30. The molecule has 74 valence electrons. The van der Waals surface area contributed by atoms with E-state index >= 15 is 0 Å². The number of rotatable bonds is 4. The van der Waals surface area contributed by atoms with Crippen LogP contribution in [0.5, 0.6) is 0 Å². The molecule has 0 unspecified atom stereocenters. The molecular formula is C10H17BrN2. The summed E-state index contributed by atoms with van der Waals surface area (Å²) >= 11 is 3.53. The van der Waals surface area contributed by atoms with Crippen molar-refractivity contribution >= 4 is 15.9 Å². The Balaban J connectivity index is 2.73. The molecule has 0 bridgehead atoms. The quantitative estimate of drug-likeness (QED) is 0.746. The predicted molar refractivity (Wildman–Crippen MR) is 59.2 cm³/mol. The molecule has 0 saturated heterocycles. The highest BCUT2D eigenvalue weighted by Crippen LogP contribution is 2.21. The van der Waals surface area contributed by atoms with Gasteiger partial charge in [0, 0.05) is 30.7 Å². The van der Waals surface area contributed by atoms with Gasteiger partial charge in [-0.05, 0) is 5.41 Å². The van der Waals surface area contributed by atoms with Crippen molar-refractivity contribution < 1.29 is 0 Å². The molecule has 0 aliphatic rings. The Morgan fingerprint density at radius 3 is 2.77 bits per heavy atom. The minimum atomic E-state index is 0.296. The lowest BCUT2D eigenvalue weighted by Crippen LogP contribution is -2.22. The molecule has 0 amide bonds. The lowest BCUT2D eigenvalue weighted by Gasteiger charge is -2.23. The summed E-state index contributed by atoms with van der Waals surface area (Å²) in [7, 11) is 0. The Labute approximate surface area is 88.5 Å². The van der Waals surface area contributed by atoms with Gasteiger partial charge in [-0.15, -0.1) is 0 Å². The standard InChI is InChI=1S/C10H17BrN2/c1-4-9-12-5-6-13(9)8-10(2,3)7-11/h5-6H,4,7-8H2,1-3H3. The first-order valence-electron chi connectivity index (χ1n) is 4.65. The van der Waals surface area contributed by atoms with Crippen LogP contribution >= 0.6 is 15.9 Å². The van der Waals surface area contributed by atoms with Crippen molar-refractivity contribution in [3.63, 3.8) is 0 Å². The van der Waals surface area contributed by atoms with E-state index in [0.29, 0.717) is 5.41 Å². The minimum absolute atomic E-state index is 0.296. The van der Waals surface area contributed by atoms with Crippen LogP contribution in [-0.2, 0) is 13.0 Å². The molecule has 1 heterocycles. The highest BCUT2D eigenvalue weighted by atomic mass is 79.9. The number of aromatic nitrogens is 2. The van der Waals surface area contributed by atoms with E-state index in [-0.39, 0.29) is 0 Å². The van der Waals surface area contributed by atoms with Crippen LogP contribution < -0.4 is 0 Å². The molecule has 0 spiro atoms. The highest BCUT2D eigenvalue weighted by molar-refractivity contribution is 9.09. The van der Waals surface area contributed by atoms with Gasteiger partial charge < -0.3 is 4.57 Å². The molecule has 1 aromatic rings. The third kappa shape index (κ3) is 2.83. The van der Waals surface area contributed by atoms with Gasteiger partial charge in [0.25, 0.3) is 0 Å². The molecule has 0 saturated carbocycles. The van der Waals surface area contributed by atoms with Crippen molar-refractivity contribution in [1.29, 1.82) is 0 Å². The summed E-state index contributed by atoms with van der Waals surface area (Å²) in [6.45, 7) is 7.67. The average Bonchev–Trinajstić information content (AvgIpc) is 2.51. The van der Waals surface area contributed by atoms with E-state index < -0.39 is 0 Å². The Bertz CT molecular complexity index is 266. The fraction of sp³-hybridized carbons (Fsp3) is 0.700. The summed E-state index contributed by atoms with van der Waals surface area (Å²) < 4.78 is 2.24. The van der Waals surface area contributed by atoms with Crippen molar-refractivity contribution in [2.24, 2.45) is 5.41 Å². The third-order valence-electron chi connectivity index (χ3n) is 2.08. The fourth-order valence-corrected chi connectivity index (χ4v) is 1.48. The largest absolute Gasteiger partial charge is 0.334 e. The van der Waals surface area contributed by atoms with Crippen molar-refractivity contribution in [1.82, 2.24) is 9.55 Å². The molecule has 0 radical (unpaired) electrons. The van der Waals surface area contributed by atoms with Crippen LogP contribution in [0.4, 0.5) is 0 Å². The summed E-state index contributed by atoms with van der Waals surface area (Å²) in [6.07, 6.45) is 4.94. The number of imidazole rings is 1. The maximum absolute atomic E-state index is 4.30. The highest BCUT2D eigenvalue weighted by Gasteiger charge is 2.17. The molecule has 0 fully saturated rings. The molecule has 0 N–H and O–H groups in total. The van der Waals surface area contributed by atoms with Crippen LogP contribution in [0.1, 0.15) is 26.6 Å². The van der Waals surface area contributed by atoms with E-state index in [0.717, 1.165) is 18.3 Å². The van der Waals surface area contributed by atoms with Gasteiger partial charge in [0.2, 0.25) is 0 Å². The van der Waals surface area contributed by atoms with Crippen LogP contribution in [0, 0.1) is 5.41 Å². The van der Waals surface area contributed by atoms with E-state index in [4.69, 9.17) is 0 Å². The first kappa shape index (κ1) is 10.8. The van der Waals surface area contributed by atoms with Crippen LogP contribution in [0.25, 0.3) is 0 Å². The first-order chi connectivity index (χ1) is 6.09. The smallest absolute Gasteiger partial charge is 0.108 e. The zero-order valence-corrected chi connectivity index (χ0v) is 10.1. The summed E-state index contributed by atoms with van der Waals surface area (Å²) in [5, 5.41) is 1.02. The van der Waals surface area contributed by atoms with E-state index in [1.165, 1.54) is 5.82 Å². The van der Waals surface area contributed by atoms with E-state index in [1.807, 2.05) is 6.20 Å². The SMILES string of the molecule is CCc1nccn1CC(C)(C)CBr. The van der Waals surface area contributed by atoms with Crippen molar-refractivity contribution in [2.75, 3.05) is 5.33 Å². The maximum atomic E-state index is 4.30. The van der Waals surface area contributed by atoms with Crippen molar-refractivity contribution in [3.05, 3.63) is 18.2 Å². The number of aryl methyl sites for hydroxylation is 1. The molecule has 2 nitrogen and oxygen atoms in total. The summed E-state index contributed by atoms with van der Waals surface area (Å²) in [5.41, 5.74) is 0.296. The number of nitrogens with zero attached hydrogens (tertiary/aromatic N) is 2. The van der Waals surface area contributed by atoms with Crippen molar-refractivity contribution in [2.45, 2.75) is 33.7 Å². The molecule has 1 rings (SSSR count). The van der Waals surface area contributed by atoms with Gasteiger partial charge in [0.15, 0.2) is 0 Å². The van der Waals surface area contributed by atoms with E-state index in [1.54, 1.807) is 0 Å². The summed E-state index contributed by atoms with van der Waals surface area (Å²) in [4.78, 5) is 4.30. The first-order valence-corrected chi connectivity index (χ1v) is 5.77. The number of halogens is 1. The van der Waals surface area contributed by atoms with E-state index in [2.05, 4.69) is 52.4 Å². The monoisotopic (exact) mass is 244 g/mol. The molecule has 1 aromatic heterocycles. The average molecular weight is 245 g/mol. The second kappa shape index (κ2) is 4.27. The predicted octanol–water partition coefficient (Wildman–Crippen LogP) is 2.87.